The van der Waals surface area contributed by atoms with Crippen LogP contribution in [0.1, 0.15) is 33.6 Å². The molecule has 1 saturated heterocycles. The Bertz CT molecular complexity index is 1050. The summed E-state index contributed by atoms with van der Waals surface area (Å²) in [4.78, 5) is 51.9. The highest BCUT2D eigenvalue weighted by Crippen LogP contribution is 2.33. The van der Waals surface area contributed by atoms with Crippen molar-refractivity contribution in [3.63, 3.8) is 0 Å². The zero-order valence-electron chi connectivity index (χ0n) is 17.2. The summed E-state index contributed by atoms with van der Waals surface area (Å²) in [6.07, 6.45) is 1.14. The third-order valence-corrected chi connectivity index (χ3v) is 6.98. The number of hydrogen-bond acceptors (Lipinski definition) is 6. The van der Waals surface area contributed by atoms with Crippen molar-refractivity contribution in [2.24, 2.45) is 5.92 Å². The number of nitrogens with one attached hydrogen (secondary N) is 2. The molecular formula is C23H21N3O5S. The van der Waals surface area contributed by atoms with Crippen LogP contribution in [0.25, 0.3) is 0 Å². The number of piperidine rings is 1. The van der Waals surface area contributed by atoms with Gasteiger partial charge in [-0.15, -0.1) is 11.8 Å². The van der Waals surface area contributed by atoms with Crippen molar-refractivity contribution >= 4 is 46.6 Å². The number of ketones is 1. The van der Waals surface area contributed by atoms with Crippen LogP contribution in [0, 0.1) is 5.92 Å². The van der Waals surface area contributed by atoms with E-state index in [0.29, 0.717) is 59.9 Å². The number of ether oxygens (including phenoxy) is 1. The van der Waals surface area contributed by atoms with Crippen LogP contribution in [0.2, 0.25) is 0 Å². The standard InChI is InChI=1S/C23H21N3O5S/c27-20-11-31-18-3-1-14(9-16(18)24-20)22(29)13-5-7-26(8-6-13)23(30)15-2-4-19-17(10-15)25-21(28)12-32-19/h1-4,9-10,13H,5-8,11-12H2,(H,24,27)(H,25,28). The van der Waals surface area contributed by atoms with Gasteiger partial charge in [0.15, 0.2) is 12.4 Å². The number of rotatable bonds is 3. The number of carbonyl (C=O) groups is 4. The molecule has 3 aliphatic heterocycles. The normalized spacial score (nSPS) is 18.1. The third kappa shape index (κ3) is 3.95. The molecule has 9 heteroatoms. The van der Waals surface area contributed by atoms with Gasteiger partial charge in [-0.1, -0.05) is 0 Å². The average molecular weight is 452 g/mol. The molecule has 0 bridgehead atoms. The van der Waals surface area contributed by atoms with Crippen LogP contribution < -0.4 is 15.4 Å². The van der Waals surface area contributed by atoms with Gasteiger partial charge in [-0.2, -0.15) is 0 Å². The topological polar surface area (TPSA) is 105 Å². The third-order valence-electron chi connectivity index (χ3n) is 5.91. The highest BCUT2D eigenvalue weighted by atomic mass is 32.2. The molecule has 8 nitrogen and oxygen atoms in total. The van der Waals surface area contributed by atoms with Gasteiger partial charge in [0, 0.05) is 35.0 Å². The Morgan fingerprint density at radius 1 is 0.938 bits per heavy atom. The first kappa shape index (κ1) is 20.6. The lowest BCUT2D eigenvalue weighted by molar-refractivity contribution is -0.118. The van der Waals surface area contributed by atoms with Gasteiger partial charge in [0.25, 0.3) is 11.8 Å². The fraction of sp³-hybridized carbons (Fsp3) is 0.304. The van der Waals surface area contributed by atoms with E-state index in [9.17, 15) is 19.2 Å². The van der Waals surface area contributed by atoms with Gasteiger partial charge in [-0.3, -0.25) is 19.2 Å². The van der Waals surface area contributed by atoms with E-state index in [-0.39, 0.29) is 36.0 Å². The van der Waals surface area contributed by atoms with Gasteiger partial charge in [-0.25, -0.2) is 0 Å². The second-order valence-electron chi connectivity index (χ2n) is 8.03. The Morgan fingerprint density at radius 3 is 2.47 bits per heavy atom. The molecule has 0 unspecified atom stereocenters. The van der Waals surface area contributed by atoms with E-state index >= 15 is 0 Å². The number of anilines is 2. The smallest absolute Gasteiger partial charge is 0.262 e. The summed E-state index contributed by atoms with van der Waals surface area (Å²) in [6.45, 7) is 0.943. The maximum atomic E-state index is 13.0. The van der Waals surface area contributed by atoms with Gasteiger partial charge in [0.1, 0.15) is 5.75 Å². The lowest BCUT2D eigenvalue weighted by atomic mass is 9.88. The van der Waals surface area contributed by atoms with E-state index in [1.165, 1.54) is 11.8 Å². The second-order valence-corrected chi connectivity index (χ2v) is 9.04. The molecule has 5 rings (SSSR count). The zero-order valence-corrected chi connectivity index (χ0v) is 18.0. The van der Waals surface area contributed by atoms with E-state index in [4.69, 9.17) is 4.74 Å². The molecule has 0 saturated carbocycles. The molecule has 0 spiro atoms. The number of fused-ring (bicyclic) bond motifs is 2. The van der Waals surface area contributed by atoms with Crippen LogP contribution in [-0.4, -0.2) is 53.9 Å². The molecule has 3 aliphatic rings. The van der Waals surface area contributed by atoms with Crippen molar-refractivity contribution < 1.29 is 23.9 Å². The summed E-state index contributed by atoms with van der Waals surface area (Å²) >= 11 is 1.46. The predicted octanol–water partition coefficient (Wildman–Crippen LogP) is 2.80. The number of Topliss-reactive ketones (excluding diaryl/α,β-unsaturated/α-hetero) is 1. The Kier molecular flexibility index (Phi) is 5.34. The Balaban J connectivity index is 1.23. The minimum absolute atomic E-state index is 0.00763. The van der Waals surface area contributed by atoms with Crippen LogP contribution in [-0.2, 0) is 9.59 Å². The molecule has 164 valence electrons. The molecule has 0 aliphatic carbocycles. The summed E-state index contributed by atoms with van der Waals surface area (Å²) in [7, 11) is 0. The van der Waals surface area contributed by atoms with E-state index in [1.807, 2.05) is 6.07 Å². The van der Waals surface area contributed by atoms with Gasteiger partial charge < -0.3 is 20.3 Å². The fourth-order valence-corrected chi connectivity index (χ4v) is 5.00. The summed E-state index contributed by atoms with van der Waals surface area (Å²) in [5.41, 5.74) is 2.24. The van der Waals surface area contributed by atoms with Gasteiger partial charge in [0.2, 0.25) is 5.91 Å². The van der Waals surface area contributed by atoms with Crippen LogP contribution in [0.15, 0.2) is 41.3 Å². The number of carbonyl (C=O) groups excluding carboxylic acids is 4. The maximum Gasteiger partial charge on any atom is 0.262 e. The molecule has 2 aromatic rings. The summed E-state index contributed by atoms with van der Waals surface area (Å²) in [5.74, 6) is 0.350. The molecule has 3 heterocycles. The molecule has 1 fully saturated rings. The van der Waals surface area contributed by atoms with Gasteiger partial charge in [0.05, 0.1) is 17.1 Å². The Hall–Kier alpha value is -3.33. The Labute approximate surface area is 188 Å². The lowest BCUT2D eigenvalue weighted by Gasteiger charge is -2.32. The van der Waals surface area contributed by atoms with Crippen molar-refractivity contribution in [2.45, 2.75) is 17.7 Å². The highest BCUT2D eigenvalue weighted by Gasteiger charge is 2.30. The molecule has 2 aromatic carbocycles. The number of thioether (sulfide) groups is 1. The quantitative estimate of drug-likeness (QED) is 0.696. The molecule has 0 aromatic heterocycles. The SMILES string of the molecule is O=C1COc2ccc(C(=O)C3CCN(C(=O)c4ccc5c(c4)NC(=O)CS5)CC3)cc2N1. The molecule has 2 N–H and O–H groups in total. The van der Waals surface area contributed by atoms with E-state index < -0.39 is 0 Å². The van der Waals surface area contributed by atoms with E-state index in [1.54, 1.807) is 35.2 Å². The number of amides is 3. The van der Waals surface area contributed by atoms with Crippen LogP contribution in [0.3, 0.4) is 0 Å². The zero-order chi connectivity index (χ0) is 22.2. The summed E-state index contributed by atoms with van der Waals surface area (Å²) in [6, 6.07) is 10.4. The molecule has 0 atom stereocenters. The number of nitrogens with zero attached hydrogens (tertiary/aromatic N) is 1. The molecule has 32 heavy (non-hydrogen) atoms. The lowest BCUT2D eigenvalue weighted by Crippen LogP contribution is -2.40. The van der Waals surface area contributed by atoms with Crippen molar-refractivity contribution in [3.05, 3.63) is 47.5 Å². The first-order valence-corrected chi connectivity index (χ1v) is 11.4. The first-order valence-electron chi connectivity index (χ1n) is 10.4. The largest absolute Gasteiger partial charge is 0.482 e. The van der Waals surface area contributed by atoms with E-state index in [2.05, 4.69) is 10.6 Å². The fourth-order valence-electron chi connectivity index (χ4n) is 4.22. The number of benzene rings is 2. The van der Waals surface area contributed by atoms with Gasteiger partial charge >= 0.3 is 0 Å². The highest BCUT2D eigenvalue weighted by molar-refractivity contribution is 8.00. The van der Waals surface area contributed by atoms with Crippen LogP contribution in [0.4, 0.5) is 11.4 Å². The maximum absolute atomic E-state index is 13.0. The van der Waals surface area contributed by atoms with Crippen LogP contribution in [0.5, 0.6) is 5.75 Å². The number of likely N-dealkylation sites (tertiary alicyclic amines) is 1. The van der Waals surface area contributed by atoms with Crippen molar-refractivity contribution in [3.8, 4) is 5.75 Å². The van der Waals surface area contributed by atoms with Crippen molar-refractivity contribution in [2.75, 3.05) is 36.1 Å². The first-order chi connectivity index (χ1) is 15.5. The monoisotopic (exact) mass is 451 g/mol. The minimum atomic E-state index is -0.241. The minimum Gasteiger partial charge on any atom is -0.482 e. The molecular weight excluding hydrogens is 430 g/mol. The van der Waals surface area contributed by atoms with Gasteiger partial charge in [-0.05, 0) is 49.2 Å². The van der Waals surface area contributed by atoms with Crippen LogP contribution >= 0.6 is 11.8 Å². The van der Waals surface area contributed by atoms with Crippen molar-refractivity contribution in [1.82, 2.24) is 4.90 Å². The summed E-state index contributed by atoms with van der Waals surface area (Å²) < 4.78 is 5.35. The molecule has 0 radical (unpaired) electrons. The summed E-state index contributed by atoms with van der Waals surface area (Å²) in [5, 5.41) is 5.54. The predicted molar refractivity (Wildman–Crippen MR) is 119 cm³/mol. The average Bonchev–Trinajstić information content (AvgIpc) is 2.82. The van der Waals surface area contributed by atoms with Crippen molar-refractivity contribution in [1.29, 1.82) is 0 Å². The number of hydrogen-bond donors (Lipinski definition) is 2. The second kappa shape index (κ2) is 8.31. The van der Waals surface area contributed by atoms with E-state index in [0.717, 1.165) is 4.90 Å². The Morgan fingerprint density at radius 2 is 1.66 bits per heavy atom. The molecule has 3 amide bonds.